The maximum absolute atomic E-state index is 5.42. The van der Waals surface area contributed by atoms with Crippen molar-refractivity contribution in [3.63, 3.8) is 0 Å². The van der Waals surface area contributed by atoms with Gasteiger partial charge in [0.1, 0.15) is 0 Å². The molecule has 2 aromatic rings. The molecule has 2 aromatic carbocycles. The topological polar surface area (TPSA) is 9.23 Å². The first kappa shape index (κ1) is 11.4. The molecule has 78 valence electrons. The Bertz CT molecular complexity index is 458. The van der Waals surface area contributed by atoms with Gasteiger partial charge < -0.3 is 4.44 Å². The lowest BCUT2D eigenvalue weighted by molar-refractivity contribution is 0.705. The summed E-state index contributed by atoms with van der Waals surface area (Å²) in [4.78, 5) is 0. The van der Waals surface area contributed by atoms with Crippen LogP contribution in [0.4, 0.5) is 0 Å². The summed E-state index contributed by atoms with van der Waals surface area (Å²) in [6.45, 7) is 2.07. The van der Waals surface area contributed by atoms with E-state index in [4.69, 9.17) is 12.5 Å². The first-order valence-electron chi connectivity index (χ1n) is 5.10. The lowest BCUT2D eigenvalue weighted by Crippen LogP contribution is -2.13. The normalized spacial score (nSPS) is 12.3. The van der Waals surface area contributed by atoms with E-state index < -0.39 is 8.15 Å². The predicted molar refractivity (Wildman–Crippen MR) is 70.6 cm³/mol. The zero-order valence-corrected chi connectivity index (χ0v) is 10.0. The second-order valence-electron chi connectivity index (χ2n) is 3.57. The van der Waals surface area contributed by atoms with Crippen LogP contribution in [0.15, 0.2) is 54.6 Å². The first-order chi connectivity index (χ1) is 7.81. The number of aryl methyl sites for hydroxylation is 1. The third-order valence-corrected chi connectivity index (χ3v) is 4.06. The molecule has 1 atom stereocenters. The highest BCUT2D eigenvalue weighted by atomic mass is 31.1. The van der Waals surface area contributed by atoms with Crippen LogP contribution in [-0.4, -0.2) is 8.05 Å². The van der Waals surface area contributed by atoms with Gasteiger partial charge in [0.2, 0.25) is 0 Å². The van der Waals surface area contributed by atoms with E-state index in [-0.39, 0.29) is 0 Å². The summed E-state index contributed by atoms with van der Waals surface area (Å²) in [5.74, 6) is 0. The van der Waals surface area contributed by atoms with Gasteiger partial charge in [-0.1, -0.05) is 54.1 Å². The Hall–Kier alpha value is -1.11. The van der Waals surface area contributed by atoms with Crippen molar-refractivity contribution in [2.24, 2.45) is 0 Å². The second-order valence-corrected chi connectivity index (χ2v) is 5.41. The van der Waals surface area contributed by atoms with E-state index in [0.29, 0.717) is 0 Å². The molecule has 0 spiro atoms. The molecule has 3 heteroatoms. The largest absolute Gasteiger partial charge is 0.421 e. The first-order valence-corrected chi connectivity index (χ1v) is 6.36. The third kappa shape index (κ3) is 2.52. The molecular weight excluding hydrogens is 214 g/mol. The molecule has 0 amide bonds. The van der Waals surface area contributed by atoms with Gasteiger partial charge in [-0.2, -0.15) is 0 Å². The number of hydrogen-bond donors (Lipinski definition) is 0. The molecule has 0 heterocycles. The summed E-state index contributed by atoms with van der Waals surface area (Å²) in [7, 11) is 4.53. The number of benzene rings is 2. The van der Waals surface area contributed by atoms with Crippen LogP contribution in [0.1, 0.15) is 5.56 Å². The van der Waals surface area contributed by atoms with Gasteiger partial charge in [0.25, 0.3) is 8.05 Å². The highest BCUT2D eigenvalue weighted by Gasteiger charge is 2.12. The molecule has 0 saturated heterocycles. The standard InChI is InChI=1S/C13H12BOP/c1-11-6-5-9-13(10-11)16(15-14)12-7-3-2-4-8-12/h2-10H,1H3/t16-/m1/s1. The van der Waals surface area contributed by atoms with Crippen molar-refractivity contribution in [1.29, 1.82) is 0 Å². The van der Waals surface area contributed by atoms with Crippen LogP contribution in [-0.2, 0) is 4.44 Å². The Morgan fingerprint density at radius 3 is 2.25 bits per heavy atom. The minimum atomic E-state index is -0.887. The quantitative estimate of drug-likeness (QED) is 0.576. The number of hydrogen-bond acceptors (Lipinski definition) is 1. The van der Waals surface area contributed by atoms with Crippen molar-refractivity contribution < 1.29 is 4.44 Å². The minimum Gasteiger partial charge on any atom is -0.421 e. The Kier molecular flexibility index (Phi) is 3.76. The summed E-state index contributed by atoms with van der Waals surface area (Å²) in [5, 5.41) is 2.27. The van der Waals surface area contributed by atoms with Crippen LogP contribution in [0.2, 0.25) is 0 Å². The maximum Gasteiger partial charge on any atom is 0.289 e. The monoisotopic (exact) mass is 226 g/mol. The summed E-state index contributed by atoms with van der Waals surface area (Å²) in [5.41, 5.74) is 1.22. The van der Waals surface area contributed by atoms with Gasteiger partial charge in [0.05, 0.1) is 8.15 Å². The molecule has 16 heavy (non-hydrogen) atoms. The lowest BCUT2D eigenvalue weighted by Gasteiger charge is -2.16. The minimum absolute atomic E-state index is 0.887. The average molecular weight is 226 g/mol. The van der Waals surface area contributed by atoms with E-state index >= 15 is 0 Å². The van der Waals surface area contributed by atoms with E-state index in [1.165, 1.54) is 5.56 Å². The van der Waals surface area contributed by atoms with Crippen LogP contribution in [0, 0.1) is 6.92 Å². The molecule has 1 nitrogen and oxygen atoms in total. The Morgan fingerprint density at radius 2 is 1.62 bits per heavy atom. The highest BCUT2D eigenvalue weighted by molar-refractivity contribution is 7.69. The molecule has 2 radical (unpaired) electrons. The van der Waals surface area contributed by atoms with Crippen LogP contribution in [0.25, 0.3) is 0 Å². The molecule has 2 rings (SSSR count). The molecule has 0 saturated carbocycles. The van der Waals surface area contributed by atoms with Crippen molar-refractivity contribution in [3.05, 3.63) is 60.2 Å². The molecule has 0 aromatic heterocycles. The van der Waals surface area contributed by atoms with Gasteiger partial charge in [0.15, 0.2) is 0 Å². The van der Waals surface area contributed by atoms with Crippen LogP contribution < -0.4 is 10.6 Å². The van der Waals surface area contributed by atoms with Crippen molar-refractivity contribution in [3.8, 4) is 0 Å². The molecule has 0 bridgehead atoms. The van der Waals surface area contributed by atoms with Gasteiger partial charge in [-0.15, -0.1) is 0 Å². The molecule has 0 unspecified atom stereocenters. The fraction of sp³-hybridized carbons (Fsp3) is 0.0769. The molecule has 0 aliphatic heterocycles. The zero-order valence-electron chi connectivity index (χ0n) is 9.13. The lowest BCUT2D eigenvalue weighted by atomic mass is 10.2. The van der Waals surface area contributed by atoms with E-state index in [0.717, 1.165) is 10.6 Å². The summed E-state index contributed by atoms with van der Waals surface area (Å²) in [6, 6.07) is 18.3. The van der Waals surface area contributed by atoms with E-state index in [2.05, 4.69) is 25.1 Å². The summed E-state index contributed by atoms with van der Waals surface area (Å²) in [6.07, 6.45) is 0. The van der Waals surface area contributed by atoms with Gasteiger partial charge in [0, 0.05) is 10.6 Å². The van der Waals surface area contributed by atoms with Gasteiger partial charge in [-0.05, 0) is 13.0 Å². The molecular formula is C13H12BOP. The molecule has 0 N–H and O–H groups in total. The van der Waals surface area contributed by atoms with Gasteiger partial charge in [-0.3, -0.25) is 0 Å². The smallest absolute Gasteiger partial charge is 0.289 e. The predicted octanol–water partition coefficient (Wildman–Crippen LogP) is 2.44. The average Bonchev–Trinajstić information content (AvgIpc) is 2.31. The van der Waals surface area contributed by atoms with E-state index in [9.17, 15) is 0 Å². The Balaban J connectivity index is 2.37. The Morgan fingerprint density at radius 1 is 0.938 bits per heavy atom. The second kappa shape index (κ2) is 5.29. The third-order valence-electron chi connectivity index (χ3n) is 2.33. The highest BCUT2D eigenvalue weighted by Crippen LogP contribution is 2.33. The van der Waals surface area contributed by atoms with Crippen LogP contribution >= 0.6 is 8.15 Å². The van der Waals surface area contributed by atoms with Crippen molar-refractivity contribution >= 4 is 26.8 Å². The van der Waals surface area contributed by atoms with Gasteiger partial charge in [-0.25, -0.2) is 0 Å². The van der Waals surface area contributed by atoms with Gasteiger partial charge >= 0.3 is 0 Å². The van der Waals surface area contributed by atoms with Crippen molar-refractivity contribution in [1.82, 2.24) is 0 Å². The summed E-state index contributed by atoms with van der Waals surface area (Å²) < 4.78 is 5.14. The SMILES string of the molecule is [B]O[P@](c1ccccc1)c1cccc(C)c1. The van der Waals surface area contributed by atoms with E-state index in [1.807, 2.05) is 36.4 Å². The fourth-order valence-electron chi connectivity index (χ4n) is 1.59. The van der Waals surface area contributed by atoms with Crippen LogP contribution in [0.5, 0.6) is 0 Å². The zero-order chi connectivity index (χ0) is 11.4. The number of rotatable bonds is 3. The van der Waals surface area contributed by atoms with Crippen molar-refractivity contribution in [2.75, 3.05) is 0 Å². The molecule has 0 fully saturated rings. The van der Waals surface area contributed by atoms with E-state index in [1.54, 1.807) is 0 Å². The molecule has 0 aliphatic carbocycles. The molecule has 0 aliphatic rings. The Labute approximate surface area is 98.7 Å². The maximum atomic E-state index is 5.42. The summed E-state index contributed by atoms with van der Waals surface area (Å²) >= 11 is 0. The van der Waals surface area contributed by atoms with Crippen LogP contribution in [0.3, 0.4) is 0 Å². The van der Waals surface area contributed by atoms with Crippen molar-refractivity contribution in [2.45, 2.75) is 6.92 Å². The fourth-order valence-corrected chi connectivity index (χ4v) is 3.12.